The molecule has 2 nitrogen and oxygen atoms in total. The van der Waals surface area contributed by atoms with Gasteiger partial charge in [-0.2, -0.15) is 0 Å². The van der Waals surface area contributed by atoms with Crippen LogP contribution in [0.5, 0.6) is 0 Å². The maximum atomic E-state index is 12.4. The molecule has 17 heavy (non-hydrogen) atoms. The van der Waals surface area contributed by atoms with Crippen molar-refractivity contribution in [2.24, 2.45) is 5.92 Å². The molecule has 1 aliphatic rings. The van der Waals surface area contributed by atoms with Crippen LogP contribution in [0, 0.1) is 5.92 Å². The fourth-order valence-electron chi connectivity index (χ4n) is 2.38. The van der Waals surface area contributed by atoms with Crippen LogP contribution in [0.1, 0.15) is 37.0 Å². The molecule has 1 aliphatic heterocycles. The molecule has 3 heteroatoms. The summed E-state index contributed by atoms with van der Waals surface area (Å²) in [6.07, 6.45) is 2.32. The Kier molecular flexibility index (Phi) is 3.77. The molecular weight excluding hydrogens is 230 g/mol. The number of likely N-dealkylation sites (tertiary alicyclic amines) is 1. The molecule has 0 saturated carbocycles. The van der Waals surface area contributed by atoms with Crippen LogP contribution in [0.25, 0.3) is 0 Å². The van der Waals surface area contributed by atoms with Crippen LogP contribution in [-0.2, 0) is 0 Å². The van der Waals surface area contributed by atoms with E-state index >= 15 is 0 Å². The van der Waals surface area contributed by atoms with Gasteiger partial charge in [-0.15, -0.1) is 12.6 Å². The third-order valence-corrected chi connectivity index (χ3v) is 3.75. The number of benzene rings is 1. The van der Waals surface area contributed by atoms with Gasteiger partial charge < -0.3 is 4.90 Å². The monoisotopic (exact) mass is 249 g/mol. The summed E-state index contributed by atoms with van der Waals surface area (Å²) in [5.41, 5.74) is 0.749. The first-order chi connectivity index (χ1) is 8.08. The van der Waals surface area contributed by atoms with E-state index in [2.05, 4.69) is 26.5 Å². The number of amides is 1. The van der Waals surface area contributed by atoms with Crippen molar-refractivity contribution < 1.29 is 4.79 Å². The van der Waals surface area contributed by atoms with Crippen LogP contribution in [0.4, 0.5) is 0 Å². The number of piperidine rings is 1. The molecule has 2 rings (SSSR count). The third kappa shape index (κ3) is 2.83. The quantitative estimate of drug-likeness (QED) is 0.758. The first kappa shape index (κ1) is 12.5. The van der Waals surface area contributed by atoms with Gasteiger partial charge >= 0.3 is 0 Å². The minimum absolute atomic E-state index is 0.139. The molecule has 0 aromatic heterocycles. The first-order valence-electron chi connectivity index (χ1n) is 6.18. The lowest BCUT2D eigenvalue weighted by Gasteiger charge is -2.36. The molecule has 1 fully saturated rings. The largest absolute Gasteiger partial charge is 0.336 e. The van der Waals surface area contributed by atoms with Crippen LogP contribution in [0.15, 0.2) is 29.2 Å². The number of rotatable bonds is 1. The molecule has 1 saturated heterocycles. The van der Waals surface area contributed by atoms with Crippen molar-refractivity contribution >= 4 is 18.5 Å². The zero-order valence-corrected chi connectivity index (χ0v) is 11.3. The molecule has 0 radical (unpaired) electrons. The maximum Gasteiger partial charge on any atom is 0.254 e. The topological polar surface area (TPSA) is 20.3 Å². The predicted molar refractivity (Wildman–Crippen MR) is 72.6 cm³/mol. The number of carbonyl (C=O) groups is 1. The van der Waals surface area contributed by atoms with Crippen molar-refractivity contribution in [1.82, 2.24) is 4.90 Å². The summed E-state index contributed by atoms with van der Waals surface area (Å²) in [7, 11) is 0. The second-order valence-electron chi connectivity index (χ2n) is 5.04. The van der Waals surface area contributed by atoms with Gasteiger partial charge in [0.15, 0.2) is 0 Å². The molecule has 2 unspecified atom stereocenters. The van der Waals surface area contributed by atoms with Gasteiger partial charge in [0.05, 0.1) is 0 Å². The summed E-state index contributed by atoms with van der Waals surface area (Å²) in [5.74, 6) is 0.745. The molecule has 0 N–H and O–H groups in total. The first-order valence-corrected chi connectivity index (χ1v) is 6.62. The Labute approximate surface area is 108 Å². The number of nitrogens with zero attached hydrogens (tertiary/aromatic N) is 1. The zero-order valence-electron chi connectivity index (χ0n) is 10.4. The summed E-state index contributed by atoms with van der Waals surface area (Å²) in [4.78, 5) is 15.2. The van der Waals surface area contributed by atoms with Crippen molar-refractivity contribution in [2.45, 2.75) is 37.6 Å². The van der Waals surface area contributed by atoms with Crippen molar-refractivity contribution in [3.05, 3.63) is 29.8 Å². The Morgan fingerprint density at radius 3 is 2.82 bits per heavy atom. The Morgan fingerprint density at radius 2 is 2.12 bits per heavy atom. The second-order valence-corrected chi connectivity index (χ2v) is 5.56. The van der Waals surface area contributed by atoms with E-state index in [0.717, 1.165) is 23.4 Å². The highest BCUT2D eigenvalue weighted by molar-refractivity contribution is 7.80. The average Bonchev–Trinajstić information content (AvgIpc) is 2.31. The van der Waals surface area contributed by atoms with Crippen molar-refractivity contribution in [3.8, 4) is 0 Å². The van der Waals surface area contributed by atoms with E-state index in [1.54, 1.807) is 0 Å². The molecule has 0 spiro atoms. The fourth-order valence-corrected chi connectivity index (χ4v) is 2.60. The van der Waals surface area contributed by atoms with E-state index in [9.17, 15) is 4.79 Å². The van der Waals surface area contributed by atoms with E-state index in [0.29, 0.717) is 12.0 Å². The van der Waals surface area contributed by atoms with E-state index in [1.807, 2.05) is 29.2 Å². The number of thiol groups is 1. The Balaban J connectivity index is 2.18. The SMILES string of the molecule is CC1CCC(C)N(C(=O)c2cccc(S)c2)C1. The van der Waals surface area contributed by atoms with Gasteiger partial charge in [-0.1, -0.05) is 13.0 Å². The number of hydrogen-bond donors (Lipinski definition) is 1. The highest BCUT2D eigenvalue weighted by Crippen LogP contribution is 2.23. The molecule has 92 valence electrons. The van der Waals surface area contributed by atoms with Crippen LogP contribution in [0.3, 0.4) is 0 Å². The second kappa shape index (κ2) is 5.13. The highest BCUT2D eigenvalue weighted by Gasteiger charge is 2.27. The third-order valence-electron chi connectivity index (χ3n) is 3.47. The van der Waals surface area contributed by atoms with Crippen LogP contribution < -0.4 is 0 Å². The molecule has 2 atom stereocenters. The summed E-state index contributed by atoms with van der Waals surface area (Å²) in [6.45, 7) is 5.21. The minimum atomic E-state index is 0.139. The Morgan fingerprint density at radius 1 is 1.35 bits per heavy atom. The van der Waals surface area contributed by atoms with Crippen molar-refractivity contribution in [3.63, 3.8) is 0 Å². The summed E-state index contributed by atoms with van der Waals surface area (Å²) in [6, 6.07) is 7.84. The number of hydrogen-bond acceptors (Lipinski definition) is 2. The number of carbonyl (C=O) groups excluding carboxylic acids is 1. The Bertz CT molecular complexity index is 418. The van der Waals surface area contributed by atoms with Crippen LogP contribution in [0.2, 0.25) is 0 Å². The van der Waals surface area contributed by atoms with Gasteiger partial charge in [-0.25, -0.2) is 0 Å². The lowest BCUT2D eigenvalue weighted by atomic mass is 9.94. The van der Waals surface area contributed by atoms with Gasteiger partial charge in [-0.3, -0.25) is 4.79 Å². The smallest absolute Gasteiger partial charge is 0.254 e. The molecule has 0 bridgehead atoms. The average molecular weight is 249 g/mol. The van der Waals surface area contributed by atoms with Gasteiger partial charge in [-0.05, 0) is 43.9 Å². The van der Waals surface area contributed by atoms with Gasteiger partial charge in [0, 0.05) is 23.0 Å². The summed E-state index contributed by atoms with van der Waals surface area (Å²) >= 11 is 4.28. The summed E-state index contributed by atoms with van der Waals surface area (Å²) in [5, 5.41) is 0. The van der Waals surface area contributed by atoms with Crippen LogP contribution >= 0.6 is 12.6 Å². The van der Waals surface area contributed by atoms with Crippen molar-refractivity contribution in [2.75, 3.05) is 6.54 Å². The van der Waals surface area contributed by atoms with E-state index in [-0.39, 0.29) is 5.91 Å². The fraction of sp³-hybridized carbons (Fsp3) is 0.500. The molecule has 1 aromatic rings. The molecule has 0 aliphatic carbocycles. The van der Waals surface area contributed by atoms with E-state index in [4.69, 9.17) is 0 Å². The standard InChI is InChI=1S/C14H19NOS/c1-10-6-7-11(2)15(9-10)14(16)12-4-3-5-13(17)8-12/h3-5,8,10-11,17H,6-7,9H2,1-2H3. The molecule has 1 aromatic carbocycles. The van der Waals surface area contributed by atoms with E-state index in [1.165, 1.54) is 6.42 Å². The van der Waals surface area contributed by atoms with Crippen molar-refractivity contribution in [1.29, 1.82) is 0 Å². The predicted octanol–water partition coefficient (Wildman–Crippen LogP) is 3.24. The molecule has 1 heterocycles. The van der Waals surface area contributed by atoms with Gasteiger partial charge in [0.1, 0.15) is 0 Å². The highest BCUT2D eigenvalue weighted by atomic mass is 32.1. The maximum absolute atomic E-state index is 12.4. The lowest BCUT2D eigenvalue weighted by Crippen LogP contribution is -2.44. The minimum Gasteiger partial charge on any atom is -0.336 e. The van der Waals surface area contributed by atoms with Gasteiger partial charge in [0.2, 0.25) is 0 Å². The molecular formula is C14H19NOS. The Hall–Kier alpha value is -0.960. The lowest BCUT2D eigenvalue weighted by molar-refractivity contribution is 0.0574. The van der Waals surface area contributed by atoms with Crippen LogP contribution in [-0.4, -0.2) is 23.4 Å². The van der Waals surface area contributed by atoms with E-state index < -0.39 is 0 Å². The zero-order chi connectivity index (χ0) is 12.4. The summed E-state index contributed by atoms with van der Waals surface area (Å²) < 4.78 is 0. The van der Waals surface area contributed by atoms with Gasteiger partial charge in [0.25, 0.3) is 5.91 Å². The normalized spacial score (nSPS) is 24.8. The molecule has 1 amide bonds.